The average molecular weight is 250 g/mol. The Morgan fingerprint density at radius 3 is 2.50 bits per heavy atom. The molecule has 0 bridgehead atoms. The van der Waals surface area contributed by atoms with Gasteiger partial charge in [-0.05, 0) is 30.3 Å². The van der Waals surface area contributed by atoms with Crippen LogP contribution in [0, 0.1) is 23.7 Å². The van der Waals surface area contributed by atoms with Gasteiger partial charge in [0.15, 0.2) is 11.6 Å². The van der Waals surface area contributed by atoms with E-state index < -0.39 is 5.60 Å². The zero-order valence-electron chi connectivity index (χ0n) is 11.6. The van der Waals surface area contributed by atoms with Crippen molar-refractivity contribution < 1.29 is 14.7 Å². The molecule has 2 aliphatic carbocycles. The van der Waals surface area contributed by atoms with Crippen LogP contribution in [0.1, 0.15) is 40.5 Å². The standard InChI is InChI=1S/C15H22O3/c1-8(2)15(18)12-5-10(4)13(16)7-11(12)9(3)6-14(15)17/h5,8-9,11-12,18H,6-7H2,1-4H3/t9-,11+,12+,15-/m0/s1. The summed E-state index contributed by atoms with van der Waals surface area (Å²) in [6.45, 7) is 7.55. The zero-order chi connectivity index (χ0) is 13.7. The van der Waals surface area contributed by atoms with E-state index in [4.69, 9.17) is 0 Å². The van der Waals surface area contributed by atoms with Crippen molar-refractivity contribution in [3.63, 3.8) is 0 Å². The van der Waals surface area contributed by atoms with Gasteiger partial charge in [0, 0.05) is 18.8 Å². The topological polar surface area (TPSA) is 54.4 Å². The summed E-state index contributed by atoms with van der Waals surface area (Å²) in [5, 5.41) is 10.8. The molecular weight excluding hydrogens is 228 g/mol. The second kappa shape index (κ2) is 4.30. The minimum atomic E-state index is -1.29. The molecule has 0 unspecified atom stereocenters. The highest BCUT2D eigenvalue weighted by Gasteiger charge is 2.54. The summed E-state index contributed by atoms with van der Waals surface area (Å²) in [5.41, 5.74) is -0.601. The van der Waals surface area contributed by atoms with Crippen LogP contribution in [0.3, 0.4) is 0 Å². The molecule has 0 amide bonds. The van der Waals surface area contributed by atoms with E-state index in [1.54, 1.807) is 6.92 Å². The number of Topliss-reactive ketones (excluding diaryl/α,β-unsaturated/α-hetero) is 2. The monoisotopic (exact) mass is 250 g/mol. The van der Waals surface area contributed by atoms with Crippen LogP contribution in [0.5, 0.6) is 0 Å². The van der Waals surface area contributed by atoms with Crippen LogP contribution in [0.25, 0.3) is 0 Å². The van der Waals surface area contributed by atoms with Crippen molar-refractivity contribution in [3.05, 3.63) is 11.6 Å². The van der Waals surface area contributed by atoms with Crippen LogP contribution in [0.15, 0.2) is 11.6 Å². The molecule has 1 fully saturated rings. The molecular formula is C15H22O3. The van der Waals surface area contributed by atoms with E-state index in [1.807, 2.05) is 26.8 Å². The van der Waals surface area contributed by atoms with Gasteiger partial charge in [-0.1, -0.05) is 26.8 Å². The van der Waals surface area contributed by atoms with E-state index in [0.717, 1.165) is 0 Å². The molecule has 2 aliphatic rings. The molecule has 3 nitrogen and oxygen atoms in total. The number of carbonyl (C=O) groups excluding carboxylic acids is 2. The molecule has 0 saturated heterocycles. The van der Waals surface area contributed by atoms with Crippen molar-refractivity contribution in [2.24, 2.45) is 23.7 Å². The number of hydrogen-bond acceptors (Lipinski definition) is 3. The van der Waals surface area contributed by atoms with Crippen molar-refractivity contribution >= 4 is 11.6 Å². The average Bonchev–Trinajstić information content (AvgIpc) is 2.28. The van der Waals surface area contributed by atoms with E-state index in [2.05, 4.69) is 0 Å². The number of fused-ring (bicyclic) bond motifs is 1. The van der Waals surface area contributed by atoms with Crippen molar-refractivity contribution in [1.29, 1.82) is 0 Å². The van der Waals surface area contributed by atoms with Gasteiger partial charge in [0.2, 0.25) is 0 Å². The molecule has 0 aromatic rings. The molecule has 2 rings (SSSR count). The van der Waals surface area contributed by atoms with E-state index >= 15 is 0 Å². The lowest BCUT2D eigenvalue weighted by atomic mass is 9.57. The van der Waals surface area contributed by atoms with Crippen LogP contribution in [0.2, 0.25) is 0 Å². The maximum absolute atomic E-state index is 12.2. The number of rotatable bonds is 1. The largest absolute Gasteiger partial charge is 0.381 e. The fourth-order valence-electron chi connectivity index (χ4n) is 3.50. The Kier molecular flexibility index (Phi) is 3.22. The van der Waals surface area contributed by atoms with Crippen LogP contribution in [-0.2, 0) is 9.59 Å². The lowest BCUT2D eigenvalue weighted by Crippen LogP contribution is -2.58. The van der Waals surface area contributed by atoms with Crippen molar-refractivity contribution in [2.45, 2.75) is 46.1 Å². The summed E-state index contributed by atoms with van der Waals surface area (Å²) < 4.78 is 0. The second-order valence-corrected chi connectivity index (χ2v) is 6.25. The Morgan fingerprint density at radius 2 is 1.94 bits per heavy atom. The van der Waals surface area contributed by atoms with Gasteiger partial charge in [-0.15, -0.1) is 0 Å². The number of aliphatic hydroxyl groups is 1. The molecule has 100 valence electrons. The van der Waals surface area contributed by atoms with Crippen molar-refractivity contribution in [3.8, 4) is 0 Å². The Hall–Kier alpha value is -0.960. The van der Waals surface area contributed by atoms with E-state index in [0.29, 0.717) is 18.4 Å². The predicted molar refractivity (Wildman–Crippen MR) is 68.9 cm³/mol. The Morgan fingerprint density at radius 1 is 1.33 bits per heavy atom. The molecule has 0 aromatic carbocycles. The second-order valence-electron chi connectivity index (χ2n) is 6.25. The SMILES string of the molecule is CC1=C[C@@H]2[C@H](CC1=O)[C@@H](C)CC(=O)[C@]2(O)C(C)C. The molecule has 0 aromatic heterocycles. The number of allylic oxidation sites excluding steroid dienone is 1. The highest BCUT2D eigenvalue weighted by Crippen LogP contribution is 2.47. The molecule has 0 aliphatic heterocycles. The lowest BCUT2D eigenvalue weighted by molar-refractivity contribution is -0.162. The normalized spacial score (nSPS) is 40.8. The van der Waals surface area contributed by atoms with Crippen LogP contribution in [-0.4, -0.2) is 22.3 Å². The first-order valence-electron chi connectivity index (χ1n) is 6.75. The molecule has 0 spiro atoms. The van der Waals surface area contributed by atoms with Gasteiger partial charge in [-0.2, -0.15) is 0 Å². The van der Waals surface area contributed by atoms with E-state index in [-0.39, 0.29) is 35.2 Å². The number of carbonyl (C=O) groups is 2. The van der Waals surface area contributed by atoms with E-state index in [9.17, 15) is 14.7 Å². The third-order valence-electron chi connectivity index (χ3n) is 4.83. The zero-order valence-corrected chi connectivity index (χ0v) is 11.6. The van der Waals surface area contributed by atoms with Crippen LogP contribution in [0.4, 0.5) is 0 Å². The maximum Gasteiger partial charge on any atom is 0.165 e. The molecule has 0 heterocycles. The molecule has 1 saturated carbocycles. The Balaban J connectivity index is 2.49. The summed E-state index contributed by atoms with van der Waals surface area (Å²) in [4.78, 5) is 24.1. The first-order valence-corrected chi connectivity index (χ1v) is 6.75. The molecule has 18 heavy (non-hydrogen) atoms. The van der Waals surface area contributed by atoms with Gasteiger partial charge >= 0.3 is 0 Å². The highest BCUT2D eigenvalue weighted by molar-refractivity contribution is 5.97. The first-order chi connectivity index (χ1) is 8.28. The first kappa shape index (κ1) is 13.5. The Bertz CT molecular complexity index is 421. The fourth-order valence-corrected chi connectivity index (χ4v) is 3.50. The summed E-state index contributed by atoms with van der Waals surface area (Å²) >= 11 is 0. The molecule has 1 N–H and O–H groups in total. The number of ketones is 2. The van der Waals surface area contributed by atoms with Crippen LogP contribution >= 0.6 is 0 Å². The molecule has 3 heteroatoms. The van der Waals surface area contributed by atoms with E-state index in [1.165, 1.54) is 0 Å². The summed E-state index contributed by atoms with van der Waals surface area (Å²) in [5.74, 6) is 0.0445. The maximum atomic E-state index is 12.2. The van der Waals surface area contributed by atoms with Crippen LogP contribution < -0.4 is 0 Å². The van der Waals surface area contributed by atoms with Gasteiger partial charge in [0.05, 0.1) is 0 Å². The van der Waals surface area contributed by atoms with Gasteiger partial charge in [-0.3, -0.25) is 9.59 Å². The summed E-state index contributed by atoms with van der Waals surface area (Å²) in [6.07, 6.45) is 2.69. The summed E-state index contributed by atoms with van der Waals surface area (Å²) in [6, 6.07) is 0. The van der Waals surface area contributed by atoms with Gasteiger partial charge in [0.1, 0.15) is 5.60 Å². The predicted octanol–water partition coefficient (Wildman–Crippen LogP) is 2.13. The lowest BCUT2D eigenvalue weighted by Gasteiger charge is -2.49. The van der Waals surface area contributed by atoms with Crippen molar-refractivity contribution in [1.82, 2.24) is 0 Å². The summed E-state index contributed by atoms with van der Waals surface area (Å²) in [7, 11) is 0. The third kappa shape index (κ3) is 1.76. The van der Waals surface area contributed by atoms with Crippen molar-refractivity contribution in [2.75, 3.05) is 0 Å². The molecule has 0 radical (unpaired) electrons. The highest BCUT2D eigenvalue weighted by atomic mass is 16.3. The quantitative estimate of drug-likeness (QED) is 0.775. The minimum absolute atomic E-state index is 0.0651. The minimum Gasteiger partial charge on any atom is -0.381 e. The third-order valence-corrected chi connectivity index (χ3v) is 4.83. The molecule has 4 atom stereocenters. The van der Waals surface area contributed by atoms with Gasteiger partial charge in [-0.25, -0.2) is 0 Å². The van der Waals surface area contributed by atoms with Gasteiger partial charge < -0.3 is 5.11 Å². The smallest absolute Gasteiger partial charge is 0.165 e. The Labute approximate surface area is 108 Å². The number of hydrogen-bond donors (Lipinski definition) is 1. The fraction of sp³-hybridized carbons (Fsp3) is 0.733. The van der Waals surface area contributed by atoms with Gasteiger partial charge in [0.25, 0.3) is 0 Å².